The summed E-state index contributed by atoms with van der Waals surface area (Å²) in [6.07, 6.45) is 1.95. The lowest BCUT2D eigenvalue weighted by molar-refractivity contribution is 0.203. The molecule has 0 radical (unpaired) electrons. The Balaban J connectivity index is 1.66. The molecule has 0 aromatic heterocycles. The third kappa shape index (κ3) is 3.54. The molecule has 4 nitrogen and oxygen atoms in total. The number of nitrogens with two attached hydrogens (primary N) is 1. The van der Waals surface area contributed by atoms with Gasteiger partial charge in [-0.25, -0.2) is 4.79 Å². The molecule has 4 rings (SSSR count). The van der Waals surface area contributed by atoms with Gasteiger partial charge < -0.3 is 15.5 Å². The number of rotatable bonds is 2. The summed E-state index contributed by atoms with van der Waals surface area (Å²) >= 11 is 12.7. The van der Waals surface area contributed by atoms with Crippen LogP contribution in [0.15, 0.2) is 36.4 Å². The summed E-state index contributed by atoms with van der Waals surface area (Å²) in [5.41, 5.74) is 10.3. The molecule has 2 aliphatic heterocycles. The van der Waals surface area contributed by atoms with Gasteiger partial charge in [-0.3, -0.25) is 0 Å². The Morgan fingerprint density at radius 3 is 2.56 bits per heavy atom. The van der Waals surface area contributed by atoms with E-state index >= 15 is 0 Å². The molecule has 0 bridgehead atoms. The molecule has 0 aliphatic carbocycles. The highest BCUT2D eigenvalue weighted by molar-refractivity contribution is 6.35. The Morgan fingerprint density at radius 2 is 1.85 bits per heavy atom. The third-order valence-corrected chi connectivity index (χ3v) is 6.31. The van der Waals surface area contributed by atoms with E-state index < -0.39 is 0 Å². The van der Waals surface area contributed by atoms with Gasteiger partial charge in [-0.1, -0.05) is 47.5 Å². The largest absolute Gasteiger partial charge is 0.351 e. The van der Waals surface area contributed by atoms with E-state index in [0.29, 0.717) is 5.02 Å². The highest BCUT2D eigenvalue weighted by atomic mass is 35.5. The number of benzene rings is 2. The summed E-state index contributed by atoms with van der Waals surface area (Å²) in [7, 11) is 2.11. The molecular weight excluding hydrogens is 381 g/mol. The van der Waals surface area contributed by atoms with Gasteiger partial charge in [0.05, 0.1) is 6.04 Å². The highest BCUT2D eigenvalue weighted by Crippen LogP contribution is 2.39. The number of likely N-dealkylation sites (N-methyl/N-ethyl adjacent to an activating group) is 1. The van der Waals surface area contributed by atoms with Crippen molar-refractivity contribution in [1.82, 2.24) is 9.80 Å². The van der Waals surface area contributed by atoms with Crippen molar-refractivity contribution >= 4 is 29.2 Å². The maximum atomic E-state index is 11.7. The van der Waals surface area contributed by atoms with Crippen LogP contribution >= 0.6 is 23.2 Å². The topological polar surface area (TPSA) is 49.6 Å². The Hall–Kier alpha value is -1.75. The Bertz CT molecular complexity index is 868. The highest BCUT2D eigenvalue weighted by Gasteiger charge is 2.30. The molecule has 2 unspecified atom stereocenters. The van der Waals surface area contributed by atoms with E-state index in [2.05, 4.69) is 36.2 Å². The average molecular weight is 404 g/mol. The monoisotopic (exact) mass is 403 g/mol. The molecule has 27 heavy (non-hydrogen) atoms. The van der Waals surface area contributed by atoms with Gasteiger partial charge in [0.2, 0.25) is 0 Å². The van der Waals surface area contributed by atoms with Gasteiger partial charge in [-0.05, 0) is 54.3 Å². The molecule has 2 aromatic carbocycles. The molecule has 2 aliphatic rings. The molecule has 1 saturated heterocycles. The van der Waals surface area contributed by atoms with E-state index in [9.17, 15) is 4.79 Å². The maximum absolute atomic E-state index is 11.7. The number of likely N-dealkylation sites (tertiary alicyclic amines) is 1. The Labute approximate surface area is 169 Å². The standard InChI is InChI=1S/C21H23Cl2N3O/c1-25-11-17(16-9-15(22)10-19(23)18(16)12-25)13-4-6-14(7-5-13)20-3-2-8-26(20)21(24)27/h4-7,9-10,17,20H,2-3,8,11-12H2,1H3,(H2,24,27). The summed E-state index contributed by atoms with van der Waals surface area (Å²) in [5, 5.41) is 1.40. The zero-order valence-electron chi connectivity index (χ0n) is 15.3. The minimum Gasteiger partial charge on any atom is -0.351 e. The number of hydrogen-bond acceptors (Lipinski definition) is 2. The zero-order valence-corrected chi connectivity index (χ0v) is 16.8. The Morgan fingerprint density at radius 1 is 1.15 bits per heavy atom. The number of nitrogens with zero attached hydrogens (tertiary/aromatic N) is 2. The SMILES string of the molecule is CN1Cc2c(Cl)cc(Cl)cc2C(c2ccc(C3CCCN3C(N)=O)cc2)C1. The van der Waals surface area contributed by atoms with Crippen LogP contribution < -0.4 is 5.73 Å². The zero-order chi connectivity index (χ0) is 19.1. The quantitative estimate of drug-likeness (QED) is 0.783. The molecule has 2 N–H and O–H groups in total. The van der Waals surface area contributed by atoms with E-state index in [0.717, 1.165) is 48.6 Å². The number of urea groups is 1. The van der Waals surface area contributed by atoms with Crippen LogP contribution in [0.5, 0.6) is 0 Å². The third-order valence-electron chi connectivity index (χ3n) is 5.75. The van der Waals surface area contributed by atoms with Crippen molar-refractivity contribution in [3.63, 3.8) is 0 Å². The van der Waals surface area contributed by atoms with Gasteiger partial charge in [-0.2, -0.15) is 0 Å². The first-order valence-electron chi connectivity index (χ1n) is 9.26. The smallest absolute Gasteiger partial charge is 0.315 e. The fourth-order valence-corrected chi connectivity index (χ4v) is 5.03. The first kappa shape index (κ1) is 18.6. The van der Waals surface area contributed by atoms with Crippen LogP contribution in [0, 0.1) is 0 Å². The fraction of sp³-hybridized carbons (Fsp3) is 0.381. The molecule has 2 amide bonds. The van der Waals surface area contributed by atoms with Gasteiger partial charge in [-0.15, -0.1) is 0 Å². The number of fused-ring (bicyclic) bond motifs is 1. The van der Waals surface area contributed by atoms with Crippen LogP contribution in [0.3, 0.4) is 0 Å². The summed E-state index contributed by atoms with van der Waals surface area (Å²) in [4.78, 5) is 15.7. The van der Waals surface area contributed by atoms with E-state index in [1.807, 2.05) is 12.1 Å². The van der Waals surface area contributed by atoms with E-state index in [-0.39, 0.29) is 18.0 Å². The lowest BCUT2D eigenvalue weighted by atomic mass is 9.84. The second-order valence-electron chi connectivity index (χ2n) is 7.56. The number of hydrogen-bond donors (Lipinski definition) is 1. The van der Waals surface area contributed by atoms with E-state index in [1.54, 1.807) is 4.90 Å². The first-order valence-corrected chi connectivity index (χ1v) is 10.0. The van der Waals surface area contributed by atoms with Crippen LogP contribution in [-0.2, 0) is 6.54 Å². The summed E-state index contributed by atoms with van der Waals surface area (Å²) in [6.45, 7) is 2.48. The van der Waals surface area contributed by atoms with Crippen LogP contribution in [-0.4, -0.2) is 36.0 Å². The molecule has 0 saturated carbocycles. The van der Waals surface area contributed by atoms with Gasteiger partial charge >= 0.3 is 6.03 Å². The summed E-state index contributed by atoms with van der Waals surface area (Å²) < 4.78 is 0. The van der Waals surface area contributed by atoms with Crippen molar-refractivity contribution in [2.45, 2.75) is 31.3 Å². The molecule has 6 heteroatoms. The van der Waals surface area contributed by atoms with Crippen molar-refractivity contribution in [3.05, 3.63) is 68.7 Å². The molecular formula is C21H23Cl2N3O. The molecule has 2 aromatic rings. The molecule has 1 fully saturated rings. The number of primary amides is 1. The van der Waals surface area contributed by atoms with Crippen LogP contribution in [0.25, 0.3) is 0 Å². The van der Waals surface area contributed by atoms with Crippen molar-refractivity contribution in [1.29, 1.82) is 0 Å². The number of carbonyl (C=O) groups is 1. The Kier molecular flexibility index (Phi) is 5.06. The normalized spacial score (nSPS) is 22.7. The lowest BCUT2D eigenvalue weighted by Crippen LogP contribution is -2.35. The van der Waals surface area contributed by atoms with Gasteiger partial charge in [0, 0.05) is 35.6 Å². The van der Waals surface area contributed by atoms with E-state index in [4.69, 9.17) is 28.9 Å². The van der Waals surface area contributed by atoms with Gasteiger partial charge in [0.25, 0.3) is 0 Å². The predicted molar refractivity (Wildman–Crippen MR) is 109 cm³/mol. The van der Waals surface area contributed by atoms with Crippen molar-refractivity contribution in [2.24, 2.45) is 5.73 Å². The van der Waals surface area contributed by atoms with E-state index in [1.165, 1.54) is 11.1 Å². The van der Waals surface area contributed by atoms with Crippen molar-refractivity contribution < 1.29 is 4.79 Å². The van der Waals surface area contributed by atoms with Crippen molar-refractivity contribution in [2.75, 3.05) is 20.1 Å². The number of carbonyl (C=O) groups excluding carboxylic acids is 1. The average Bonchev–Trinajstić information content (AvgIpc) is 3.12. The van der Waals surface area contributed by atoms with Gasteiger partial charge in [0.1, 0.15) is 0 Å². The van der Waals surface area contributed by atoms with Gasteiger partial charge in [0.15, 0.2) is 0 Å². The molecule has 0 spiro atoms. The van der Waals surface area contributed by atoms with Crippen LogP contribution in [0.4, 0.5) is 4.79 Å². The second-order valence-corrected chi connectivity index (χ2v) is 8.40. The first-order chi connectivity index (χ1) is 12.9. The minimum atomic E-state index is -0.339. The minimum absolute atomic E-state index is 0.0850. The summed E-state index contributed by atoms with van der Waals surface area (Å²) in [6, 6.07) is 12.2. The maximum Gasteiger partial charge on any atom is 0.315 e. The summed E-state index contributed by atoms with van der Waals surface area (Å²) in [5.74, 6) is 0.222. The van der Waals surface area contributed by atoms with Crippen LogP contribution in [0.2, 0.25) is 10.0 Å². The predicted octanol–water partition coefficient (Wildman–Crippen LogP) is 4.79. The second kappa shape index (κ2) is 7.34. The lowest BCUT2D eigenvalue weighted by Gasteiger charge is -2.33. The van der Waals surface area contributed by atoms with Crippen molar-refractivity contribution in [3.8, 4) is 0 Å². The molecule has 2 atom stereocenters. The number of amides is 2. The number of halogens is 2. The molecule has 142 valence electrons. The molecule has 2 heterocycles. The van der Waals surface area contributed by atoms with Crippen LogP contribution in [0.1, 0.15) is 47.1 Å². The fourth-order valence-electron chi connectivity index (χ4n) is 4.46.